The summed E-state index contributed by atoms with van der Waals surface area (Å²) in [6.07, 6.45) is 0.656. The van der Waals surface area contributed by atoms with E-state index in [9.17, 15) is 14.4 Å². The average Bonchev–Trinajstić information content (AvgIpc) is 2.55. The number of nitrogens with one attached hydrogen (secondary N) is 2. The van der Waals surface area contributed by atoms with Crippen LogP contribution in [-0.4, -0.2) is 44.6 Å². The molecule has 0 heterocycles. The van der Waals surface area contributed by atoms with Gasteiger partial charge in [0.2, 0.25) is 5.91 Å². The molecule has 0 aliphatic heterocycles. The fourth-order valence-corrected chi connectivity index (χ4v) is 1.46. The topological polar surface area (TPSA) is 93.7 Å². The number of benzene rings is 1. The third-order valence-corrected chi connectivity index (χ3v) is 2.63. The quantitative estimate of drug-likeness (QED) is 0.504. The van der Waals surface area contributed by atoms with E-state index in [2.05, 4.69) is 10.6 Å². The first-order valence-electron chi connectivity index (χ1n) is 6.92. The van der Waals surface area contributed by atoms with E-state index in [-0.39, 0.29) is 18.9 Å². The SMILES string of the molecule is CNC(=O)CNC(=O)COC(=O)CCCOc1ccccc1. The molecule has 2 amide bonds. The molecule has 0 unspecified atom stereocenters. The molecule has 7 heteroatoms. The zero-order valence-corrected chi connectivity index (χ0v) is 12.5. The fraction of sp³-hybridized carbons (Fsp3) is 0.400. The lowest BCUT2D eigenvalue weighted by molar-refractivity contribution is -0.148. The van der Waals surface area contributed by atoms with E-state index in [1.165, 1.54) is 7.05 Å². The number of rotatable bonds is 9. The Morgan fingerprint density at radius 1 is 1.09 bits per heavy atom. The Bertz CT molecular complexity index is 490. The van der Waals surface area contributed by atoms with E-state index in [1.54, 1.807) is 0 Å². The van der Waals surface area contributed by atoms with E-state index in [0.717, 1.165) is 5.75 Å². The van der Waals surface area contributed by atoms with Crippen molar-refractivity contribution >= 4 is 17.8 Å². The molecule has 0 spiro atoms. The number of amides is 2. The van der Waals surface area contributed by atoms with Crippen molar-refractivity contribution in [3.63, 3.8) is 0 Å². The van der Waals surface area contributed by atoms with Crippen LogP contribution < -0.4 is 15.4 Å². The Balaban J connectivity index is 2.06. The molecular weight excluding hydrogens is 288 g/mol. The molecule has 0 aliphatic rings. The Morgan fingerprint density at radius 3 is 2.50 bits per heavy atom. The van der Waals surface area contributed by atoms with E-state index >= 15 is 0 Å². The number of carbonyl (C=O) groups is 3. The molecule has 0 aromatic heterocycles. The Kier molecular flexibility index (Phi) is 8.10. The van der Waals surface area contributed by atoms with Crippen molar-refractivity contribution in [1.29, 1.82) is 0 Å². The van der Waals surface area contributed by atoms with Crippen LogP contribution in [-0.2, 0) is 19.1 Å². The minimum Gasteiger partial charge on any atom is -0.494 e. The highest BCUT2D eigenvalue weighted by Gasteiger charge is 2.08. The van der Waals surface area contributed by atoms with E-state index in [1.807, 2.05) is 30.3 Å². The van der Waals surface area contributed by atoms with Gasteiger partial charge in [-0.1, -0.05) is 18.2 Å². The van der Waals surface area contributed by atoms with Gasteiger partial charge >= 0.3 is 5.97 Å². The van der Waals surface area contributed by atoms with E-state index < -0.39 is 18.5 Å². The van der Waals surface area contributed by atoms with Crippen LogP contribution >= 0.6 is 0 Å². The summed E-state index contributed by atoms with van der Waals surface area (Å²) in [5, 5.41) is 4.68. The third kappa shape index (κ3) is 7.88. The van der Waals surface area contributed by atoms with Gasteiger partial charge in [0.05, 0.1) is 13.2 Å². The fourth-order valence-electron chi connectivity index (χ4n) is 1.46. The first-order valence-corrected chi connectivity index (χ1v) is 6.92. The number of hydrogen-bond acceptors (Lipinski definition) is 5. The van der Waals surface area contributed by atoms with Crippen molar-refractivity contribution < 1.29 is 23.9 Å². The number of hydrogen-bond donors (Lipinski definition) is 2. The molecule has 0 saturated heterocycles. The van der Waals surface area contributed by atoms with Crippen molar-refractivity contribution in [3.8, 4) is 5.75 Å². The van der Waals surface area contributed by atoms with Gasteiger partial charge in [0, 0.05) is 13.5 Å². The summed E-state index contributed by atoms with van der Waals surface area (Å²) in [4.78, 5) is 33.6. The molecule has 0 aliphatic carbocycles. The van der Waals surface area contributed by atoms with Gasteiger partial charge in [-0.15, -0.1) is 0 Å². The Morgan fingerprint density at radius 2 is 1.82 bits per heavy atom. The first kappa shape index (κ1) is 17.5. The summed E-state index contributed by atoms with van der Waals surface area (Å²) in [5.41, 5.74) is 0. The van der Waals surface area contributed by atoms with Crippen LogP contribution in [0.2, 0.25) is 0 Å². The Hall–Kier alpha value is -2.57. The van der Waals surface area contributed by atoms with Crippen LogP contribution in [0.5, 0.6) is 5.75 Å². The predicted molar refractivity (Wildman–Crippen MR) is 79.2 cm³/mol. The van der Waals surface area contributed by atoms with Crippen LogP contribution in [0.4, 0.5) is 0 Å². The maximum atomic E-state index is 11.4. The summed E-state index contributed by atoms with van der Waals surface area (Å²) >= 11 is 0. The largest absolute Gasteiger partial charge is 0.494 e. The van der Waals surface area contributed by atoms with Crippen molar-refractivity contribution in [3.05, 3.63) is 30.3 Å². The molecule has 0 radical (unpaired) electrons. The number of ether oxygens (including phenoxy) is 2. The van der Waals surface area contributed by atoms with Crippen LogP contribution in [0.15, 0.2) is 30.3 Å². The maximum absolute atomic E-state index is 11.4. The summed E-state index contributed by atoms with van der Waals surface area (Å²) in [5.74, 6) is -0.577. The number of likely N-dealkylation sites (N-methyl/N-ethyl adjacent to an activating group) is 1. The average molecular weight is 308 g/mol. The smallest absolute Gasteiger partial charge is 0.306 e. The number of para-hydroxylation sites is 1. The standard InChI is InChI=1S/C15H20N2O5/c1-16-13(18)10-17-14(19)11-22-15(20)8-5-9-21-12-6-3-2-4-7-12/h2-4,6-7H,5,8-11H2,1H3,(H,16,18)(H,17,19). The molecule has 0 saturated carbocycles. The van der Waals surface area contributed by atoms with Crippen LogP contribution in [0.25, 0.3) is 0 Å². The Labute approximate surface area is 129 Å². The minimum absolute atomic E-state index is 0.141. The highest BCUT2D eigenvalue weighted by Crippen LogP contribution is 2.08. The van der Waals surface area contributed by atoms with Crippen LogP contribution in [0.3, 0.4) is 0 Å². The summed E-state index contributed by atoms with van der Waals surface area (Å²) < 4.78 is 10.2. The molecule has 7 nitrogen and oxygen atoms in total. The van der Waals surface area contributed by atoms with Crippen molar-refractivity contribution in [1.82, 2.24) is 10.6 Å². The van der Waals surface area contributed by atoms with Gasteiger partial charge in [-0.3, -0.25) is 14.4 Å². The molecule has 1 rings (SSSR count). The highest BCUT2D eigenvalue weighted by molar-refractivity contribution is 5.86. The van der Waals surface area contributed by atoms with Gasteiger partial charge in [0.25, 0.3) is 5.91 Å². The first-order chi connectivity index (χ1) is 10.6. The number of esters is 1. The van der Waals surface area contributed by atoms with Crippen LogP contribution in [0.1, 0.15) is 12.8 Å². The lowest BCUT2D eigenvalue weighted by atomic mass is 10.3. The normalized spacial score (nSPS) is 9.68. The molecule has 2 N–H and O–H groups in total. The molecule has 0 fully saturated rings. The maximum Gasteiger partial charge on any atom is 0.306 e. The summed E-state index contributed by atoms with van der Waals surface area (Å²) in [6, 6.07) is 9.27. The number of carbonyl (C=O) groups excluding carboxylic acids is 3. The highest BCUT2D eigenvalue weighted by atomic mass is 16.5. The van der Waals surface area contributed by atoms with Crippen molar-refractivity contribution in [2.75, 3.05) is 26.8 Å². The molecule has 0 atom stereocenters. The predicted octanol–water partition coefficient (Wildman–Crippen LogP) is 0.251. The molecular formula is C15H20N2O5. The zero-order valence-electron chi connectivity index (χ0n) is 12.5. The monoisotopic (exact) mass is 308 g/mol. The van der Waals surface area contributed by atoms with Crippen LogP contribution in [0, 0.1) is 0 Å². The lowest BCUT2D eigenvalue weighted by Crippen LogP contribution is -2.37. The second-order valence-corrected chi connectivity index (χ2v) is 4.38. The van der Waals surface area contributed by atoms with Gasteiger partial charge in [0.1, 0.15) is 5.75 Å². The molecule has 1 aromatic carbocycles. The van der Waals surface area contributed by atoms with E-state index in [0.29, 0.717) is 13.0 Å². The zero-order chi connectivity index (χ0) is 16.2. The van der Waals surface area contributed by atoms with Gasteiger partial charge in [-0.05, 0) is 18.6 Å². The second kappa shape index (κ2) is 10.2. The third-order valence-electron chi connectivity index (χ3n) is 2.63. The van der Waals surface area contributed by atoms with Crippen molar-refractivity contribution in [2.24, 2.45) is 0 Å². The van der Waals surface area contributed by atoms with Crippen molar-refractivity contribution in [2.45, 2.75) is 12.8 Å². The van der Waals surface area contributed by atoms with Gasteiger partial charge in [-0.2, -0.15) is 0 Å². The molecule has 22 heavy (non-hydrogen) atoms. The van der Waals surface area contributed by atoms with Gasteiger partial charge in [0.15, 0.2) is 6.61 Å². The minimum atomic E-state index is -0.516. The summed E-state index contributed by atoms with van der Waals surface area (Å²) in [6.45, 7) is -0.144. The lowest BCUT2D eigenvalue weighted by Gasteiger charge is -2.07. The van der Waals surface area contributed by atoms with Gasteiger partial charge in [-0.25, -0.2) is 0 Å². The second-order valence-electron chi connectivity index (χ2n) is 4.38. The van der Waals surface area contributed by atoms with E-state index in [4.69, 9.17) is 9.47 Å². The van der Waals surface area contributed by atoms with Gasteiger partial charge < -0.3 is 20.1 Å². The molecule has 1 aromatic rings. The molecule has 120 valence electrons. The summed E-state index contributed by atoms with van der Waals surface area (Å²) in [7, 11) is 1.46. The molecule has 0 bridgehead atoms.